The van der Waals surface area contributed by atoms with Gasteiger partial charge >= 0.3 is 5.97 Å². The number of nitrogens with one attached hydrogen (secondary N) is 1. The number of carbonyl (C=O) groups is 1. The number of carbonyl (C=O) groups excluding carboxylic acids is 1. The summed E-state index contributed by atoms with van der Waals surface area (Å²) in [6, 6.07) is 15.5. The van der Waals surface area contributed by atoms with Crippen LogP contribution in [0.15, 0.2) is 53.0 Å². The van der Waals surface area contributed by atoms with E-state index in [1.807, 2.05) is 55.5 Å². The molecule has 1 heterocycles. The van der Waals surface area contributed by atoms with E-state index in [-0.39, 0.29) is 12.0 Å². The zero-order chi connectivity index (χ0) is 15.7. The molecule has 2 aromatic rings. The zero-order valence-electron chi connectivity index (χ0n) is 12.0. The van der Waals surface area contributed by atoms with Crippen LogP contribution in [0.3, 0.4) is 0 Å². The number of benzene rings is 2. The molecule has 2 aromatic carbocycles. The molecule has 5 heteroatoms. The van der Waals surface area contributed by atoms with Crippen molar-refractivity contribution in [1.82, 2.24) is 0 Å². The number of hydrogen-bond donors (Lipinski definition) is 1. The summed E-state index contributed by atoms with van der Waals surface area (Å²) in [6.45, 7) is 1.96. The lowest BCUT2D eigenvalue weighted by molar-refractivity contribution is -0.148. The molecule has 0 saturated carbocycles. The Morgan fingerprint density at radius 2 is 1.91 bits per heavy atom. The van der Waals surface area contributed by atoms with Gasteiger partial charge in [0.2, 0.25) is 0 Å². The highest BCUT2D eigenvalue weighted by atomic mass is 127. The number of halogens is 2. The number of esters is 1. The molecule has 3 nitrogen and oxygen atoms in total. The van der Waals surface area contributed by atoms with Gasteiger partial charge in [0.1, 0.15) is 11.6 Å². The summed E-state index contributed by atoms with van der Waals surface area (Å²) in [7, 11) is 0. The van der Waals surface area contributed by atoms with Crippen LogP contribution in [-0.4, -0.2) is 12.0 Å². The highest BCUT2D eigenvalue weighted by molar-refractivity contribution is 14.1. The van der Waals surface area contributed by atoms with Crippen LogP contribution in [0.2, 0.25) is 0 Å². The predicted octanol–water partition coefficient (Wildman–Crippen LogP) is 4.70. The topological polar surface area (TPSA) is 38.3 Å². The fraction of sp³-hybridized carbons (Fsp3) is 0.235. The van der Waals surface area contributed by atoms with Gasteiger partial charge in [0.15, 0.2) is 0 Å². The molecule has 1 saturated heterocycles. The predicted molar refractivity (Wildman–Crippen MR) is 98.8 cm³/mol. The number of rotatable bonds is 3. The third-order valence-corrected chi connectivity index (χ3v) is 5.33. The van der Waals surface area contributed by atoms with Gasteiger partial charge in [0.25, 0.3) is 0 Å². The average Bonchev–Trinajstić information content (AvgIpc) is 2.78. The van der Waals surface area contributed by atoms with E-state index in [0.29, 0.717) is 6.42 Å². The molecule has 0 radical (unpaired) electrons. The molecule has 0 aliphatic carbocycles. The maximum absolute atomic E-state index is 12.2. The first kappa shape index (κ1) is 15.8. The zero-order valence-corrected chi connectivity index (χ0v) is 15.7. The lowest BCUT2D eigenvalue weighted by Gasteiger charge is -2.23. The Hall–Kier alpha value is -1.08. The van der Waals surface area contributed by atoms with Crippen LogP contribution in [0.25, 0.3) is 0 Å². The molecule has 0 aromatic heterocycles. The van der Waals surface area contributed by atoms with Crippen LogP contribution in [0.4, 0.5) is 5.69 Å². The van der Waals surface area contributed by atoms with Crippen molar-refractivity contribution in [1.29, 1.82) is 0 Å². The Labute approximate surface area is 151 Å². The maximum Gasteiger partial charge on any atom is 0.329 e. The van der Waals surface area contributed by atoms with Crippen LogP contribution in [0, 0.1) is 3.57 Å². The second-order valence-corrected chi connectivity index (χ2v) is 7.62. The first-order valence-corrected chi connectivity index (χ1v) is 8.85. The molecule has 0 bridgehead atoms. The van der Waals surface area contributed by atoms with Crippen LogP contribution >= 0.6 is 38.5 Å². The van der Waals surface area contributed by atoms with E-state index in [1.54, 1.807) is 0 Å². The van der Waals surface area contributed by atoms with Gasteiger partial charge in [-0.1, -0.05) is 40.2 Å². The van der Waals surface area contributed by atoms with Gasteiger partial charge < -0.3 is 10.1 Å². The average molecular weight is 472 g/mol. The van der Waals surface area contributed by atoms with E-state index < -0.39 is 5.60 Å². The molecule has 1 aliphatic rings. The summed E-state index contributed by atoms with van der Waals surface area (Å²) in [5, 5.41) is 3.30. The van der Waals surface area contributed by atoms with Crippen molar-refractivity contribution in [3.63, 3.8) is 0 Å². The molecule has 2 atom stereocenters. The highest BCUT2D eigenvalue weighted by Crippen LogP contribution is 2.38. The third kappa shape index (κ3) is 3.15. The minimum atomic E-state index is -0.588. The standard InChI is InChI=1S/C17H15BrINO2/c1-17(11-6-8-12(18)9-7-11)10-15(16(21)22-17)20-14-5-3-2-4-13(14)19/h2-9,15,20H,10H2,1H3. The van der Waals surface area contributed by atoms with Crippen molar-refractivity contribution < 1.29 is 9.53 Å². The first-order chi connectivity index (χ1) is 10.5. The number of hydrogen-bond acceptors (Lipinski definition) is 3. The van der Waals surface area contributed by atoms with Gasteiger partial charge in [-0.05, 0) is 59.3 Å². The van der Waals surface area contributed by atoms with Gasteiger partial charge in [-0.25, -0.2) is 4.79 Å². The molecule has 3 rings (SSSR count). The van der Waals surface area contributed by atoms with Crippen LogP contribution < -0.4 is 5.32 Å². The van der Waals surface area contributed by atoms with Crippen molar-refractivity contribution >= 4 is 50.2 Å². The molecule has 0 amide bonds. The number of anilines is 1. The summed E-state index contributed by atoms with van der Waals surface area (Å²) >= 11 is 5.68. The van der Waals surface area contributed by atoms with E-state index in [0.717, 1.165) is 19.3 Å². The molecule has 0 spiro atoms. The molecule has 114 valence electrons. The summed E-state index contributed by atoms with van der Waals surface area (Å²) in [4.78, 5) is 12.2. The van der Waals surface area contributed by atoms with Crippen molar-refractivity contribution in [3.8, 4) is 0 Å². The molecular formula is C17H15BrINO2. The molecule has 1 aliphatic heterocycles. The highest BCUT2D eigenvalue weighted by Gasteiger charge is 2.44. The number of cyclic esters (lactones) is 1. The number of ether oxygens (including phenoxy) is 1. The lowest BCUT2D eigenvalue weighted by atomic mass is 9.91. The van der Waals surface area contributed by atoms with Gasteiger partial charge in [-0.15, -0.1) is 0 Å². The number of para-hydroxylation sites is 1. The fourth-order valence-corrected chi connectivity index (χ4v) is 3.47. The smallest absolute Gasteiger partial charge is 0.329 e. The Kier molecular flexibility index (Phi) is 4.45. The Morgan fingerprint density at radius 3 is 2.59 bits per heavy atom. The third-order valence-electron chi connectivity index (χ3n) is 3.86. The minimum Gasteiger partial charge on any atom is -0.453 e. The Bertz CT molecular complexity index is 704. The van der Waals surface area contributed by atoms with E-state index >= 15 is 0 Å². The van der Waals surface area contributed by atoms with E-state index in [9.17, 15) is 4.79 Å². The van der Waals surface area contributed by atoms with E-state index in [4.69, 9.17) is 4.74 Å². The largest absolute Gasteiger partial charge is 0.453 e. The van der Waals surface area contributed by atoms with E-state index in [2.05, 4.69) is 43.8 Å². The molecular weight excluding hydrogens is 457 g/mol. The van der Waals surface area contributed by atoms with Crippen molar-refractivity contribution in [2.45, 2.75) is 25.0 Å². The summed E-state index contributed by atoms with van der Waals surface area (Å²) in [6.07, 6.45) is 0.610. The van der Waals surface area contributed by atoms with Crippen molar-refractivity contribution in [2.24, 2.45) is 0 Å². The summed E-state index contributed by atoms with van der Waals surface area (Å²) < 4.78 is 7.78. The Morgan fingerprint density at radius 1 is 1.23 bits per heavy atom. The second-order valence-electron chi connectivity index (χ2n) is 5.54. The maximum atomic E-state index is 12.2. The van der Waals surface area contributed by atoms with Gasteiger partial charge in [0, 0.05) is 20.2 Å². The lowest BCUT2D eigenvalue weighted by Crippen LogP contribution is -2.25. The van der Waals surface area contributed by atoms with Crippen LogP contribution in [0.1, 0.15) is 18.9 Å². The summed E-state index contributed by atoms with van der Waals surface area (Å²) in [5.41, 5.74) is 1.39. The van der Waals surface area contributed by atoms with Gasteiger partial charge in [0.05, 0.1) is 0 Å². The SMILES string of the molecule is CC1(c2ccc(Br)cc2)CC(Nc2ccccc2I)C(=O)O1. The molecule has 2 unspecified atom stereocenters. The molecule has 1 N–H and O–H groups in total. The minimum absolute atomic E-state index is 0.204. The normalized spacial score (nSPS) is 24.1. The monoisotopic (exact) mass is 471 g/mol. The van der Waals surface area contributed by atoms with Crippen molar-refractivity contribution in [2.75, 3.05) is 5.32 Å². The molecule has 1 fully saturated rings. The summed E-state index contributed by atoms with van der Waals surface area (Å²) in [5.74, 6) is -0.204. The second kappa shape index (κ2) is 6.20. The Balaban J connectivity index is 1.81. The van der Waals surface area contributed by atoms with Crippen molar-refractivity contribution in [3.05, 3.63) is 62.1 Å². The van der Waals surface area contributed by atoms with Crippen LogP contribution in [0.5, 0.6) is 0 Å². The van der Waals surface area contributed by atoms with E-state index in [1.165, 1.54) is 0 Å². The molecule has 22 heavy (non-hydrogen) atoms. The first-order valence-electron chi connectivity index (χ1n) is 6.98. The van der Waals surface area contributed by atoms with Crippen LogP contribution in [-0.2, 0) is 15.1 Å². The van der Waals surface area contributed by atoms with Gasteiger partial charge in [-0.3, -0.25) is 0 Å². The van der Waals surface area contributed by atoms with Gasteiger partial charge in [-0.2, -0.15) is 0 Å². The fourth-order valence-electron chi connectivity index (χ4n) is 2.66. The quantitative estimate of drug-likeness (QED) is 0.521.